The highest BCUT2D eigenvalue weighted by molar-refractivity contribution is 6.30. The Bertz CT molecular complexity index is 1220. The Kier molecular flexibility index (Phi) is 5.12. The Hall–Kier alpha value is -3.11. The zero-order chi connectivity index (χ0) is 21.5. The Morgan fingerprint density at radius 3 is 2.30 bits per heavy atom. The summed E-state index contributed by atoms with van der Waals surface area (Å²) in [5.41, 5.74) is 4.30. The molecular weight excluding hydrogens is 396 g/mol. The van der Waals surface area contributed by atoms with Gasteiger partial charge in [0.05, 0.1) is 29.0 Å². The number of halogens is 1. The summed E-state index contributed by atoms with van der Waals surface area (Å²) in [7, 11) is 0. The highest BCUT2D eigenvalue weighted by Crippen LogP contribution is 2.40. The maximum atomic E-state index is 12.6. The standard InChI is InChI=1S/C25H23ClN2O2/c1-16-22-20(14-27-15-21(22)30-24(29)25(2,3)4)28(19-8-6-5-7-9-19)23(16)17-10-12-18(26)13-11-17/h5-15H,1-4H3. The van der Waals surface area contributed by atoms with Gasteiger partial charge in [-0.25, -0.2) is 0 Å². The van der Waals surface area contributed by atoms with Gasteiger partial charge in [0, 0.05) is 16.1 Å². The number of esters is 1. The van der Waals surface area contributed by atoms with Gasteiger partial charge < -0.3 is 9.30 Å². The Morgan fingerprint density at radius 2 is 1.67 bits per heavy atom. The van der Waals surface area contributed by atoms with E-state index in [2.05, 4.69) is 9.55 Å². The van der Waals surface area contributed by atoms with Crippen molar-refractivity contribution in [1.29, 1.82) is 0 Å². The molecule has 0 fully saturated rings. The largest absolute Gasteiger partial charge is 0.424 e. The zero-order valence-corrected chi connectivity index (χ0v) is 18.2. The van der Waals surface area contributed by atoms with Crippen LogP contribution in [-0.4, -0.2) is 15.5 Å². The lowest BCUT2D eigenvalue weighted by molar-refractivity contribution is -0.142. The highest BCUT2D eigenvalue weighted by Gasteiger charge is 2.27. The van der Waals surface area contributed by atoms with Crippen molar-refractivity contribution in [3.8, 4) is 22.7 Å². The minimum absolute atomic E-state index is 0.295. The van der Waals surface area contributed by atoms with Crippen LogP contribution in [0.2, 0.25) is 5.02 Å². The Labute approximate surface area is 181 Å². The first-order chi connectivity index (χ1) is 14.3. The van der Waals surface area contributed by atoms with Gasteiger partial charge in [-0.2, -0.15) is 0 Å². The van der Waals surface area contributed by atoms with Gasteiger partial charge in [-0.3, -0.25) is 9.78 Å². The monoisotopic (exact) mass is 418 g/mol. The lowest BCUT2D eigenvalue weighted by Crippen LogP contribution is -2.25. The van der Waals surface area contributed by atoms with Crippen LogP contribution in [0.1, 0.15) is 26.3 Å². The number of fused-ring (bicyclic) bond motifs is 1. The molecule has 0 aliphatic rings. The number of hydrogen-bond donors (Lipinski definition) is 0. The van der Waals surface area contributed by atoms with Crippen molar-refractivity contribution < 1.29 is 9.53 Å². The first-order valence-corrected chi connectivity index (χ1v) is 10.2. The number of aromatic nitrogens is 2. The second-order valence-corrected chi connectivity index (χ2v) is 8.76. The Morgan fingerprint density at radius 1 is 1.00 bits per heavy atom. The number of ether oxygens (including phenoxy) is 1. The van der Waals surface area contributed by atoms with Crippen LogP contribution in [0, 0.1) is 12.3 Å². The SMILES string of the molecule is Cc1c(-c2ccc(Cl)cc2)n(-c2ccccc2)c2cncc(OC(=O)C(C)(C)C)c12. The van der Waals surface area contributed by atoms with Gasteiger partial charge in [-0.1, -0.05) is 41.9 Å². The van der Waals surface area contributed by atoms with Gasteiger partial charge in [-0.05, 0) is 63.1 Å². The van der Waals surface area contributed by atoms with E-state index in [0.717, 1.165) is 33.4 Å². The molecule has 2 aromatic carbocycles. The lowest BCUT2D eigenvalue weighted by Gasteiger charge is -2.16. The van der Waals surface area contributed by atoms with Crippen molar-refractivity contribution in [1.82, 2.24) is 9.55 Å². The van der Waals surface area contributed by atoms with Gasteiger partial charge >= 0.3 is 5.97 Å². The fourth-order valence-corrected chi connectivity index (χ4v) is 3.64. The van der Waals surface area contributed by atoms with Crippen LogP contribution >= 0.6 is 11.6 Å². The van der Waals surface area contributed by atoms with E-state index in [1.807, 2.05) is 88.5 Å². The molecule has 0 spiro atoms. The average Bonchev–Trinajstić information content (AvgIpc) is 3.02. The highest BCUT2D eigenvalue weighted by atomic mass is 35.5. The number of pyridine rings is 1. The minimum atomic E-state index is -0.614. The van der Waals surface area contributed by atoms with E-state index < -0.39 is 5.41 Å². The fourth-order valence-electron chi connectivity index (χ4n) is 3.51. The molecule has 4 nitrogen and oxygen atoms in total. The molecule has 0 saturated carbocycles. The predicted molar refractivity (Wildman–Crippen MR) is 121 cm³/mol. The molecule has 5 heteroatoms. The number of aryl methyl sites for hydroxylation is 1. The molecular formula is C25H23ClN2O2. The van der Waals surface area contributed by atoms with E-state index in [1.54, 1.807) is 6.20 Å². The molecule has 4 rings (SSSR count). The van der Waals surface area contributed by atoms with E-state index in [0.29, 0.717) is 10.8 Å². The van der Waals surface area contributed by atoms with Crippen molar-refractivity contribution in [2.45, 2.75) is 27.7 Å². The normalized spacial score (nSPS) is 11.6. The number of nitrogens with zero attached hydrogens (tertiary/aromatic N) is 2. The first-order valence-electron chi connectivity index (χ1n) is 9.80. The van der Waals surface area contributed by atoms with Crippen LogP contribution in [0.15, 0.2) is 67.0 Å². The number of carbonyl (C=O) groups is 1. The molecule has 4 aromatic rings. The third kappa shape index (κ3) is 3.59. The molecule has 152 valence electrons. The zero-order valence-electron chi connectivity index (χ0n) is 17.4. The maximum absolute atomic E-state index is 12.6. The summed E-state index contributed by atoms with van der Waals surface area (Å²) >= 11 is 6.13. The van der Waals surface area contributed by atoms with Crippen LogP contribution in [0.4, 0.5) is 0 Å². The van der Waals surface area contributed by atoms with Crippen molar-refractivity contribution in [3.05, 3.63) is 77.6 Å². The smallest absolute Gasteiger partial charge is 0.316 e. The summed E-state index contributed by atoms with van der Waals surface area (Å²) in [5, 5.41) is 1.55. The Balaban J connectivity index is 2.02. The molecule has 2 heterocycles. The van der Waals surface area contributed by atoms with Crippen molar-refractivity contribution in [2.24, 2.45) is 5.41 Å². The molecule has 2 aromatic heterocycles. The fraction of sp³-hybridized carbons (Fsp3) is 0.200. The number of hydrogen-bond acceptors (Lipinski definition) is 3. The summed E-state index contributed by atoms with van der Waals surface area (Å²) < 4.78 is 7.94. The van der Waals surface area contributed by atoms with Crippen molar-refractivity contribution in [2.75, 3.05) is 0 Å². The molecule has 0 saturated heterocycles. The predicted octanol–water partition coefficient (Wildman–Crippen LogP) is 6.61. The average molecular weight is 419 g/mol. The molecule has 0 amide bonds. The van der Waals surface area contributed by atoms with Gasteiger partial charge in [-0.15, -0.1) is 0 Å². The van der Waals surface area contributed by atoms with Gasteiger partial charge in [0.1, 0.15) is 0 Å². The van der Waals surface area contributed by atoms with Crippen LogP contribution < -0.4 is 4.74 Å². The number of rotatable bonds is 3. The summed E-state index contributed by atoms with van der Waals surface area (Å²) in [6, 6.07) is 17.8. The lowest BCUT2D eigenvalue weighted by atomic mass is 9.97. The molecule has 0 atom stereocenters. The summed E-state index contributed by atoms with van der Waals surface area (Å²) in [6.07, 6.45) is 3.42. The molecule has 0 aliphatic heterocycles. The topological polar surface area (TPSA) is 44.1 Å². The molecule has 0 N–H and O–H groups in total. The summed E-state index contributed by atoms with van der Waals surface area (Å²) in [4.78, 5) is 17.0. The van der Waals surface area contributed by atoms with Crippen molar-refractivity contribution >= 4 is 28.5 Å². The number of para-hydroxylation sites is 1. The second-order valence-electron chi connectivity index (χ2n) is 8.32. The van der Waals surface area contributed by atoms with Gasteiger partial charge in [0.2, 0.25) is 0 Å². The van der Waals surface area contributed by atoms with Crippen LogP contribution in [-0.2, 0) is 4.79 Å². The van der Waals surface area contributed by atoms with E-state index in [1.165, 1.54) is 0 Å². The van der Waals surface area contributed by atoms with Gasteiger partial charge in [0.25, 0.3) is 0 Å². The molecule has 0 aliphatic carbocycles. The van der Waals surface area contributed by atoms with Crippen LogP contribution in [0.3, 0.4) is 0 Å². The number of benzene rings is 2. The van der Waals surface area contributed by atoms with E-state index in [4.69, 9.17) is 16.3 Å². The third-order valence-corrected chi connectivity index (χ3v) is 5.28. The summed E-state index contributed by atoms with van der Waals surface area (Å²) in [6.45, 7) is 7.55. The van der Waals surface area contributed by atoms with E-state index in [-0.39, 0.29) is 5.97 Å². The van der Waals surface area contributed by atoms with Crippen LogP contribution in [0.5, 0.6) is 5.75 Å². The molecule has 0 unspecified atom stereocenters. The molecule has 30 heavy (non-hydrogen) atoms. The first kappa shape index (κ1) is 20.2. The molecule has 0 bridgehead atoms. The van der Waals surface area contributed by atoms with Crippen LogP contribution in [0.25, 0.3) is 27.8 Å². The van der Waals surface area contributed by atoms with Gasteiger partial charge in [0.15, 0.2) is 5.75 Å². The second kappa shape index (κ2) is 7.62. The third-order valence-electron chi connectivity index (χ3n) is 5.03. The van der Waals surface area contributed by atoms with E-state index >= 15 is 0 Å². The maximum Gasteiger partial charge on any atom is 0.316 e. The van der Waals surface area contributed by atoms with Crippen molar-refractivity contribution in [3.63, 3.8) is 0 Å². The van der Waals surface area contributed by atoms with E-state index in [9.17, 15) is 4.79 Å². The molecule has 0 radical (unpaired) electrons. The quantitative estimate of drug-likeness (QED) is 0.352. The minimum Gasteiger partial charge on any atom is -0.424 e. The number of carbonyl (C=O) groups excluding carboxylic acids is 1. The summed E-state index contributed by atoms with van der Waals surface area (Å²) in [5.74, 6) is 0.173.